The molecule has 0 bridgehead atoms. The molecular weight excluding hydrogens is 441 g/mol. The zero-order chi connectivity index (χ0) is 22.8. The molecule has 0 atom stereocenters. The Morgan fingerprint density at radius 2 is 1.97 bits per heavy atom. The summed E-state index contributed by atoms with van der Waals surface area (Å²) in [5.74, 6) is -0.141. The van der Waals surface area contributed by atoms with Crippen LogP contribution in [0.1, 0.15) is 37.3 Å². The highest BCUT2D eigenvalue weighted by Crippen LogP contribution is 2.41. The van der Waals surface area contributed by atoms with Gasteiger partial charge in [0.05, 0.1) is 23.7 Å². The number of urea groups is 1. The Labute approximate surface area is 180 Å². The fourth-order valence-electron chi connectivity index (χ4n) is 3.41. The zero-order valence-corrected chi connectivity index (χ0v) is 17.4. The lowest BCUT2D eigenvalue weighted by Crippen LogP contribution is -2.32. The number of hydrogen-bond donors (Lipinski definition) is 1. The molecule has 1 N–H and O–H groups in total. The number of amides is 3. The summed E-state index contributed by atoms with van der Waals surface area (Å²) in [6, 6.07) is 1.05. The van der Waals surface area contributed by atoms with Crippen LogP contribution in [0.3, 0.4) is 0 Å². The smallest absolute Gasteiger partial charge is 0.417 e. The lowest BCUT2D eigenvalue weighted by Gasteiger charge is -2.17. The molecule has 1 aliphatic heterocycles. The van der Waals surface area contributed by atoms with E-state index >= 15 is 0 Å². The van der Waals surface area contributed by atoms with Crippen molar-refractivity contribution in [3.8, 4) is 5.75 Å². The van der Waals surface area contributed by atoms with Crippen LogP contribution >= 0.6 is 11.6 Å². The highest BCUT2D eigenvalue weighted by molar-refractivity contribution is 6.33. The average molecular weight is 461 g/mol. The number of nitrogens with one attached hydrogen (secondary N) is 1. The van der Waals surface area contributed by atoms with Gasteiger partial charge in [-0.05, 0) is 25.3 Å². The topological polar surface area (TPSA) is 88.9 Å². The van der Waals surface area contributed by atoms with Crippen LogP contribution in [0.15, 0.2) is 21.3 Å². The third kappa shape index (κ3) is 4.95. The quantitative estimate of drug-likeness (QED) is 0.363. The van der Waals surface area contributed by atoms with Crippen LogP contribution in [0.2, 0.25) is 5.02 Å². The molecule has 7 nitrogen and oxygen atoms in total. The first-order chi connectivity index (χ1) is 14.6. The number of fused-ring (bicyclic) bond motifs is 1. The molecule has 0 unspecified atom stereocenters. The summed E-state index contributed by atoms with van der Waals surface area (Å²) < 4.78 is 51.1. The summed E-state index contributed by atoms with van der Waals surface area (Å²) >= 11 is 6.24. The largest absolute Gasteiger partial charge is 0.492 e. The number of nitrogens with zero attached hydrogens (tertiary/aromatic N) is 1. The van der Waals surface area contributed by atoms with Crippen molar-refractivity contribution < 1.29 is 31.9 Å². The van der Waals surface area contributed by atoms with Crippen molar-refractivity contribution in [2.45, 2.75) is 38.8 Å². The van der Waals surface area contributed by atoms with E-state index in [4.69, 9.17) is 20.8 Å². The van der Waals surface area contributed by atoms with Crippen molar-refractivity contribution in [3.05, 3.63) is 38.7 Å². The molecule has 0 spiro atoms. The van der Waals surface area contributed by atoms with Crippen LogP contribution < -0.4 is 15.7 Å². The molecule has 1 aliphatic rings. The van der Waals surface area contributed by atoms with Crippen LogP contribution in [0, 0.1) is 0 Å². The van der Waals surface area contributed by atoms with E-state index in [-0.39, 0.29) is 47.3 Å². The zero-order valence-electron chi connectivity index (χ0n) is 16.6. The van der Waals surface area contributed by atoms with Gasteiger partial charge in [0.15, 0.2) is 0 Å². The monoisotopic (exact) mass is 460 g/mol. The maximum atomic E-state index is 13.4. The number of imide groups is 1. The maximum absolute atomic E-state index is 13.4. The van der Waals surface area contributed by atoms with Gasteiger partial charge in [-0.1, -0.05) is 24.9 Å². The Kier molecular flexibility index (Phi) is 6.78. The van der Waals surface area contributed by atoms with Gasteiger partial charge < -0.3 is 14.5 Å². The highest BCUT2D eigenvalue weighted by Gasteiger charge is 2.35. The number of benzene rings is 1. The molecule has 3 rings (SSSR count). The maximum Gasteiger partial charge on any atom is 0.417 e. The Morgan fingerprint density at radius 3 is 2.58 bits per heavy atom. The number of carbonyl (C=O) groups is 2. The molecule has 0 saturated carbocycles. The number of rotatable bonds is 8. The van der Waals surface area contributed by atoms with Crippen LogP contribution in [0.25, 0.3) is 11.0 Å². The summed E-state index contributed by atoms with van der Waals surface area (Å²) in [4.78, 5) is 36.0. The van der Waals surface area contributed by atoms with Gasteiger partial charge >= 0.3 is 17.8 Å². The van der Waals surface area contributed by atoms with Crippen LogP contribution in [-0.4, -0.2) is 36.5 Å². The summed E-state index contributed by atoms with van der Waals surface area (Å²) in [7, 11) is 0. The number of halogens is 4. The molecule has 11 heteroatoms. The van der Waals surface area contributed by atoms with Gasteiger partial charge in [-0.3, -0.25) is 9.69 Å². The molecule has 1 aromatic carbocycles. The third-order valence-corrected chi connectivity index (χ3v) is 5.08. The van der Waals surface area contributed by atoms with Crippen LogP contribution in [0.5, 0.6) is 5.75 Å². The van der Waals surface area contributed by atoms with E-state index < -0.39 is 23.4 Å². The second-order valence-electron chi connectivity index (χ2n) is 7.03. The molecule has 0 radical (unpaired) electrons. The number of carbonyl (C=O) groups excluding carboxylic acids is 2. The fourth-order valence-corrected chi connectivity index (χ4v) is 3.68. The van der Waals surface area contributed by atoms with E-state index in [1.54, 1.807) is 0 Å². The minimum atomic E-state index is -4.75. The van der Waals surface area contributed by atoms with E-state index in [2.05, 4.69) is 5.32 Å². The van der Waals surface area contributed by atoms with Crippen molar-refractivity contribution in [3.63, 3.8) is 0 Å². The molecule has 2 aromatic rings. The van der Waals surface area contributed by atoms with E-state index in [0.29, 0.717) is 37.3 Å². The van der Waals surface area contributed by atoms with Crippen molar-refractivity contribution in [1.29, 1.82) is 0 Å². The Hall–Kier alpha value is -2.75. The molecule has 2 heterocycles. The molecule has 31 heavy (non-hydrogen) atoms. The van der Waals surface area contributed by atoms with Crippen molar-refractivity contribution in [1.82, 2.24) is 10.2 Å². The van der Waals surface area contributed by atoms with Crippen LogP contribution in [-0.2, 0) is 17.4 Å². The van der Waals surface area contributed by atoms with Crippen molar-refractivity contribution >= 4 is 34.5 Å². The molecule has 1 aromatic heterocycles. The normalized spacial score (nSPS) is 14.4. The Morgan fingerprint density at radius 1 is 1.23 bits per heavy atom. The van der Waals surface area contributed by atoms with E-state index in [1.165, 1.54) is 0 Å². The summed E-state index contributed by atoms with van der Waals surface area (Å²) in [5, 5.41) is 2.10. The van der Waals surface area contributed by atoms with Crippen LogP contribution in [0.4, 0.5) is 18.0 Å². The van der Waals surface area contributed by atoms with Gasteiger partial charge in [0.1, 0.15) is 11.3 Å². The minimum Gasteiger partial charge on any atom is -0.492 e. The number of aryl methyl sites for hydroxylation is 1. The van der Waals surface area contributed by atoms with Gasteiger partial charge in [0.25, 0.3) is 0 Å². The molecular formula is C20H20ClF3N2O5. The van der Waals surface area contributed by atoms with Gasteiger partial charge in [-0.2, -0.15) is 13.2 Å². The highest BCUT2D eigenvalue weighted by atomic mass is 35.5. The molecule has 0 aliphatic carbocycles. The van der Waals surface area contributed by atoms with Crippen molar-refractivity contribution in [2.75, 3.05) is 19.7 Å². The summed E-state index contributed by atoms with van der Waals surface area (Å²) in [5.41, 5.74) is -2.13. The predicted molar refractivity (Wildman–Crippen MR) is 106 cm³/mol. The lowest BCUT2D eigenvalue weighted by molar-refractivity contribution is -0.136. The van der Waals surface area contributed by atoms with Gasteiger partial charge in [-0.15, -0.1) is 0 Å². The summed E-state index contributed by atoms with van der Waals surface area (Å²) in [6.45, 7) is 2.17. The van der Waals surface area contributed by atoms with Gasteiger partial charge in [0.2, 0.25) is 5.91 Å². The minimum absolute atomic E-state index is 0.0203. The first kappa shape index (κ1) is 22.9. The van der Waals surface area contributed by atoms with E-state index in [9.17, 15) is 27.6 Å². The standard InChI is InChI=1S/C20H20ClF3N2O5/c1-2-5-11-17-12(13(20(22,23)24)9-16(28)31-17)8-14(21)18(11)30-7-4-3-6-26-15(27)10-25-19(26)29/h8-9H,2-7,10H2,1H3,(H,25,29). The second kappa shape index (κ2) is 9.17. The number of unbranched alkanes of at least 4 members (excludes halogenated alkanes) is 1. The number of hydrogen-bond acceptors (Lipinski definition) is 5. The number of alkyl halides is 3. The summed E-state index contributed by atoms with van der Waals surface area (Å²) in [6.07, 6.45) is -2.97. The van der Waals surface area contributed by atoms with Crippen molar-refractivity contribution in [2.24, 2.45) is 0 Å². The van der Waals surface area contributed by atoms with E-state index in [0.717, 1.165) is 11.0 Å². The molecule has 3 amide bonds. The SMILES string of the molecule is CCCc1c(OCCCCN2C(=O)CNC2=O)c(Cl)cc2c(C(F)(F)F)cc(=O)oc12. The number of ether oxygens (including phenoxy) is 1. The predicted octanol–water partition coefficient (Wildman–Crippen LogP) is 4.13. The second-order valence-corrected chi connectivity index (χ2v) is 7.44. The van der Waals surface area contributed by atoms with Gasteiger partial charge in [-0.25, -0.2) is 9.59 Å². The van der Waals surface area contributed by atoms with Gasteiger partial charge in [0, 0.05) is 23.6 Å². The third-order valence-electron chi connectivity index (χ3n) is 4.80. The molecule has 168 valence electrons. The Balaban J connectivity index is 1.82. The first-order valence-electron chi connectivity index (χ1n) is 9.71. The Bertz CT molecular complexity index is 1050. The van der Waals surface area contributed by atoms with E-state index in [1.807, 2.05) is 6.92 Å². The molecule has 1 saturated heterocycles. The first-order valence-corrected chi connectivity index (χ1v) is 10.1. The average Bonchev–Trinajstić information content (AvgIpc) is 3.00. The molecule has 1 fully saturated rings. The fraction of sp³-hybridized carbons (Fsp3) is 0.450. The lowest BCUT2D eigenvalue weighted by atomic mass is 10.0.